The summed E-state index contributed by atoms with van der Waals surface area (Å²) in [6, 6.07) is 15.4. The molecule has 0 aromatic heterocycles. The van der Waals surface area contributed by atoms with Gasteiger partial charge in [-0.05, 0) is 43.0 Å². The Balaban J connectivity index is 2.03. The molecule has 20 heavy (non-hydrogen) atoms. The molecule has 1 aliphatic carbocycles. The Morgan fingerprint density at radius 2 is 1.65 bits per heavy atom. The second-order valence-corrected chi connectivity index (χ2v) is 5.50. The molecule has 104 valence electrons. The summed E-state index contributed by atoms with van der Waals surface area (Å²) in [7, 11) is 1.90. The van der Waals surface area contributed by atoms with Crippen LogP contribution in [-0.4, -0.2) is 7.05 Å². The maximum Gasteiger partial charge on any atom is 0.128 e. The van der Waals surface area contributed by atoms with Crippen LogP contribution in [0.25, 0.3) is 0 Å². The van der Waals surface area contributed by atoms with E-state index in [-0.39, 0.29) is 11.9 Å². The number of hydrogen-bond acceptors (Lipinski definition) is 1. The Morgan fingerprint density at radius 3 is 2.25 bits per heavy atom. The minimum Gasteiger partial charge on any atom is -0.309 e. The van der Waals surface area contributed by atoms with E-state index in [1.807, 2.05) is 25.2 Å². The summed E-state index contributed by atoms with van der Waals surface area (Å²) in [5, 5.41) is 3.28. The topological polar surface area (TPSA) is 12.0 Å². The Hall–Kier alpha value is -1.67. The summed E-state index contributed by atoms with van der Waals surface area (Å²) in [5.74, 6) is 0.504. The Morgan fingerprint density at radius 1 is 1.00 bits per heavy atom. The number of benzene rings is 2. The van der Waals surface area contributed by atoms with E-state index < -0.39 is 0 Å². The molecule has 1 saturated carbocycles. The van der Waals surface area contributed by atoms with Crippen LogP contribution < -0.4 is 5.32 Å². The molecule has 2 aromatic rings. The van der Waals surface area contributed by atoms with E-state index in [0.29, 0.717) is 5.92 Å². The first-order chi connectivity index (χ1) is 9.81. The smallest absolute Gasteiger partial charge is 0.128 e. The zero-order valence-electron chi connectivity index (χ0n) is 11.8. The van der Waals surface area contributed by atoms with Gasteiger partial charge in [0.05, 0.1) is 6.04 Å². The van der Waals surface area contributed by atoms with E-state index in [2.05, 4.69) is 23.5 Å². The minimum atomic E-state index is -0.143. The van der Waals surface area contributed by atoms with Gasteiger partial charge in [-0.3, -0.25) is 0 Å². The van der Waals surface area contributed by atoms with Gasteiger partial charge in [0.25, 0.3) is 0 Å². The molecule has 3 rings (SSSR count). The number of halogens is 1. The zero-order chi connectivity index (χ0) is 13.9. The van der Waals surface area contributed by atoms with Crippen LogP contribution >= 0.6 is 0 Å². The molecule has 2 heteroatoms. The first-order valence-electron chi connectivity index (χ1n) is 7.31. The molecule has 1 N–H and O–H groups in total. The predicted octanol–water partition coefficient (Wildman–Crippen LogP) is 4.40. The highest BCUT2D eigenvalue weighted by Gasteiger charge is 2.25. The molecule has 1 nitrogen and oxygen atoms in total. The molecule has 2 aromatic carbocycles. The van der Waals surface area contributed by atoms with Gasteiger partial charge in [0.1, 0.15) is 5.82 Å². The summed E-state index contributed by atoms with van der Waals surface area (Å²) >= 11 is 0. The predicted molar refractivity (Wildman–Crippen MR) is 80.3 cm³/mol. The van der Waals surface area contributed by atoms with Crippen LogP contribution in [0, 0.1) is 5.82 Å². The largest absolute Gasteiger partial charge is 0.309 e. The molecule has 0 aliphatic heterocycles. The van der Waals surface area contributed by atoms with Crippen molar-refractivity contribution in [1.82, 2.24) is 5.32 Å². The summed E-state index contributed by atoms with van der Waals surface area (Å²) in [6.07, 6.45) is 3.82. The fourth-order valence-electron chi connectivity index (χ4n) is 3.05. The summed E-state index contributed by atoms with van der Waals surface area (Å²) in [5.41, 5.74) is 3.31. The van der Waals surface area contributed by atoms with Gasteiger partial charge in [0.15, 0.2) is 0 Å². The van der Waals surface area contributed by atoms with E-state index in [4.69, 9.17) is 0 Å². The second-order valence-electron chi connectivity index (χ2n) is 5.50. The lowest BCUT2D eigenvalue weighted by atomic mass is 9.76. The van der Waals surface area contributed by atoms with Crippen LogP contribution in [0.15, 0.2) is 48.5 Å². The van der Waals surface area contributed by atoms with Crippen molar-refractivity contribution in [2.45, 2.75) is 31.2 Å². The molecule has 0 heterocycles. The van der Waals surface area contributed by atoms with Crippen molar-refractivity contribution < 1.29 is 4.39 Å². The minimum absolute atomic E-state index is 0.0759. The summed E-state index contributed by atoms with van der Waals surface area (Å²) in [6.45, 7) is 0. The molecular formula is C18H20FN. The average molecular weight is 269 g/mol. The van der Waals surface area contributed by atoms with Crippen molar-refractivity contribution in [2.24, 2.45) is 0 Å². The normalized spacial score (nSPS) is 16.7. The van der Waals surface area contributed by atoms with Crippen molar-refractivity contribution in [3.63, 3.8) is 0 Å². The Bertz CT molecular complexity index is 589. The maximum absolute atomic E-state index is 14.1. The molecule has 0 amide bonds. The molecule has 1 unspecified atom stereocenters. The van der Waals surface area contributed by atoms with Crippen LogP contribution in [0.3, 0.4) is 0 Å². The highest BCUT2D eigenvalue weighted by molar-refractivity contribution is 5.40. The summed E-state index contributed by atoms with van der Waals surface area (Å²) < 4.78 is 14.1. The Labute approximate surface area is 119 Å². The van der Waals surface area contributed by atoms with Crippen LogP contribution in [0.4, 0.5) is 4.39 Å². The average Bonchev–Trinajstić information content (AvgIpc) is 2.41. The van der Waals surface area contributed by atoms with Crippen molar-refractivity contribution in [3.05, 3.63) is 71.0 Å². The third kappa shape index (κ3) is 2.36. The fraction of sp³-hybridized carbons (Fsp3) is 0.333. The van der Waals surface area contributed by atoms with Gasteiger partial charge in [-0.25, -0.2) is 4.39 Å². The van der Waals surface area contributed by atoms with Crippen molar-refractivity contribution in [3.8, 4) is 0 Å². The molecule has 1 atom stereocenters. The molecular weight excluding hydrogens is 249 g/mol. The monoisotopic (exact) mass is 269 g/mol. The van der Waals surface area contributed by atoms with E-state index in [1.54, 1.807) is 6.07 Å². The van der Waals surface area contributed by atoms with Gasteiger partial charge < -0.3 is 5.32 Å². The molecule has 1 fully saturated rings. The van der Waals surface area contributed by atoms with E-state index in [0.717, 1.165) is 5.56 Å². The van der Waals surface area contributed by atoms with Crippen molar-refractivity contribution in [2.75, 3.05) is 7.05 Å². The SMILES string of the molecule is CNC(c1ccccc1F)c1ccccc1C1CCC1. The van der Waals surface area contributed by atoms with E-state index in [9.17, 15) is 4.39 Å². The van der Waals surface area contributed by atoms with E-state index in [1.165, 1.54) is 36.5 Å². The first-order valence-corrected chi connectivity index (χ1v) is 7.31. The number of hydrogen-bond donors (Lipinski definition) is 1. The third-order valence-corrected chi connectivity index (χ3v) is 4.36. The van der Waals surface area contributed by atoms with Crippen LogP contribution in [0.5, 0.6) is 0 Å². The maximum atomic E-state index is 14.1. The van der Waals surface area contributed by atoms with Crippen LogP contribution in [0.2, 0.25) is 0 Å². The highest BCUT2D eigenvalue weighted by atomic mass is 19.1. The third-order valence-electron chi connectivity index (χ3n) is 4.36. The lowest BCUT2D eigenvalue weighted by Crippen LogP contribution is -2.22. The number of nitrogens with one attached hydrogen (secondary N) is 1. The quantitative estimate of drug-likeness (QED) is 0.867. The molecule has 0 bridgehead atoms. The van der Waals surface area contributed by atoms with Crippen LogP contribution in [-0.2, 0) is 0 Å². The van der Waals surface area contributed by atoms with Gasteiger partial charge in [0, 0.05) is 5.56 Å². The van der Waals surface area contributed by atoms with Gasteiger partial charge in [-0.1, -0.05) is 48.9 Å². The van der Waals surface area contributed by atoms with Gasteiger partial charge >= 0.3 is 0 Å². The molecule has 0 saturated heterocycles. The Kier molecular flexibility index (Phi) is 3.83. The summed E-state index contributed by atoms with van der Waals surface area (Å²) in [4.78, 5) is 0. The zero-order valence-corrected chi connectivity index (χ0v) is 11.8. The molecule has 1 aliphatic rings. The van der Waals surface area contributed by atoms with Gasteiger partial charge in [-0.2, -0.15) is 0 Å². The standard InChI is InChI=1S/C18H20FN/c1-20-18(16-11-4-5-12-17(16)19)15-10-3-2-9-14(15)13-7-6-8-13/h2-5,9-13,18,20H,6-8H2,1H3. The fourth-order valence-corrected chi connectivity index (χ4v) is 3.05. The second kappa shape index (κ2) is 5.76. The lowest BCUT2D eigenvalue weighted by molar-refractivity contribution is 0.414. The van der Waals surface area contributed by atoms with E-state index >= 15 is 0 Å². The van der Waals surface area contributed by atoms with Crippen molar-refractivity contribution in [1.29, 1.82) is 0 Å². The molecule has 0 radical (unpaired) electrons. The lowest BCUT2D eigenvalue weighted by Gasteiger charge is -2.30. The molecule has 0 spiro atoms. The van der Waals surface area contributed by atoms with Gasteiger partial charge in [-0.15, -0.1) is 0 Å². The first kappa shape index (κ1) is 13.3. The number of rotatable bonds is 4. The van der Waals surface area contributed by atoms with Gasteiger partial charge in [0.2, 0.25) is 0 Å². The highest BCUT2D eigenvalue weighted by Crippen LogP contribution is 2.40. The van der Waals surface area contributed by atoms with Crippen molar-refractivity contribution >= 4 is 0 Å². The van der Waals surface area contributed by atoms with Crippen LogP contribution in [0.1, 0.15) is 47.9 Å².